The smallest absolute Gasteiger partial charge is 0.233 e. The molecule has 1 aliphatic rings. The number of hydrogen-bond acceptors (Lipinski definition) is 5. The molecule has 2 aromatic carbocycles. The van der Waals surface area contributed by atoms with Gasteiger partial charge in [-0.05, 0) is 36.8 Å². The SMILES string of the molecule is Cc1cccc(CN2CCN(C(=O)CSc3n[nH]c(-c4ccc(Cl)cc4)n3)CC2)c1. The molecule has 0 unspecified atom stereocenters. The number of thioether (sulfide) groups is 1. The van der Waals surface area contributed by atoms with Crippen molar-refractivity contribution in [2.45, 2.75) is 18.6 Å². The quantitative estimate of drug-likeness (QED) is 0.588. The third-order valence-electron chi connectivity index (χ3n) is 5.12. The van der Waals surface area contributed by atoms with Gasteiger partial charge in [0.05, 0.1) is 5.75 Å². The molecule has 1 amide bonds. The number of aryl methyl sites for hydroxylation is 1. The van der Waals surface area contributed by atoms with Gasteiger partial charge in [0.25, 0.3) is 0 Å². The highest BCUT2D eigenvalue weighted by molar-refractivity contribution is 7.99. The van der Waals surface area contributed by atoms with E-state index in [1.165, 1.54) is 22.9 Å². The molecule has 1 saturated heterocycles. The van der Waals surface area contributed by atoms with E-state index in [0.717, 1.165) is 38.3 Å². The molecule has 0 atom stereocenters. The van der Waals surface area contributed by atoms with Gasteiger partial charge in [0.2, 0.25) is 11.1 Å². The summed E-state index contributed by atoms with van der Waals surface area (Å²) in [6.07, 6.45) is 0. The van der Waals surface area contributed by atoms with Crippen molar-refractivity contribution in [2.24, 2.45) is 0 Å². The highest BCUT2D eigenvalue weighted by atomic mass is 35.5. The number of piperazine rings is 1. The van der Waals surface area contributed by atoms with Crippen molar-refractivity contribution in [1.82, 2.24) is 25.0 Å². The van der Waals surface area contributed by atoms with E-state index in [-0.39, 0.29) is 5.91 Å². The molecule has 2 heterocycles. The van der Waals surface area contributed by atoms with Crippen molar-refractivity contribution in [3.63, 3.8) is 0 Å². The first-order chi connectivity index (χ1) is 14.6. The number of halogens is 1. The topological polar surface area (TPSA) is 65.1 Å². The maximum atomic E-state index is 12.6. The molecular weight excluding hydrogens is 418 g/mol. The summed E-state index contributed by atoms with van der Waals surface area (Å²) in [4.78, 5) is 21.4. The summed E-state index contributed by atoms with van der Waals surface area (Å²) in [7, 11) is 0. The van der Waals surface area contributed by atoms with Gasteiger partial charge in [-0.1, -0.05) is 53.2 Å². The Morgan fingerprint density at radius 1 is 1.13 bits per heavy atom. The lowest BCUT2D eigenvalue weighted by molar-refractivity contribution is -0.130. The second kappa shape index (κ2) is 9.64. The number of aromatic nitrogens is 3. The molecule has 156 valence electrons. The van der Waals surface area contributed by atoms with Crippen LogP contribution in [-0.2, 0) is 11.3 Å². The maximum Gasteiger partial charge on any atom is 0.233 e. The summed E-state index contributed by atoms with van der Waals surface area (Å²) >= 11 is 7.28. The van der Waals surface area contributed by atoms with Crippen LogP contribution in [0.1, 0.15) is 11.1 Å². The van der Waals surface area contributed by atoms with Gasteiger partial charge in [0.15, 0.2) is 5.82 Å². The third-order valence-corrected chi connectivity index (χ3v) is 6.20. The molecule has 0 saturated carbocycles. The molecule has 6 nitrogen and oxygen atoms in total. The zero-order valence-electron chi connectivity index (χ0n) is 16.8. The number of rotatable bonds is 6. The van der Waals surface area contributed by atoms with E-state index in [9.17, 15) is 4.79 Å². The van der Waals surface area contributed by atoms with Crippen molar-refractivity contribution < 1.29 is 4.79 Å². The fourth-order valence-electron chi connectivity index (χ4n) is 3.49. The van der Waals surface area contributed by atoms with Crippen molar-refractivity contribution >= 4 is 29.3 Å². The van der Waals surface area contributed by atoms with Crippen LogP contribution >= 0.6 is 23.4 Å². The minimum absolute atomic E-state index is 0.132. The fraction of sp³-hybridized carbons (Fsp3) is 0.318. The van der Waals surface area contributed by atoms with Crippen LogP contribution in [0.4, 0.5) is 0 Å². The number of H-pyrrole nitrogens is 1. The number of carbonyl (C=O) groups excluding carboxylic acids is 1. The van der Waals surface area contributed by atoms with Crippen LogP contribution in [0, 0.1) is 6.92 Å². The second-order valence-corrected chi connectivity index (χ2v) is 8.79. The molecule has 1 aliphatic heterocycles. The fourth-order valence-corrected chi connectivity index (χ4v) is 4.32. The van der Waals surface area contributed by atoms with E-state index < -0.39 is 0 Å². The van der Waals surface area contributed by atoms with Crippen molar-refractivity contribution in [3.05, 3.63) is 64.7 Å². The average molecular weight is 442 g/mol. The molecule has 0 spiro atoms. The zero-order chi connectivity index (χ0) is 20.9. The molecule has 3 aromatic rings. The molecule has 30 heavy (non-hydrogen) atoms. The molecule has 0 aliphatic carbocycles. The predicted molar refractivity (Wildman–Crippen MR) is 121 cm³/mol. The van der Waals surface area contributed by atoms with Crippen molar-refractivity contribution in [1.29, 1.82) is 0 Å². The maximum absolute atomic E-state index is 12.6. The third kappa shape index (κ3) is 5.41. The Kier molecular flexibility index (Phi) is 6.72. The van der Waals surface area contributed by atoms with Crippen LogP contribution < -0.4 is 0 Å². The Morgan fingerprint density at radius 3 is 2.63 bits per heavy atom. The van der Waals surface area contributed by atoms with Gasteiger partial charge < -0.3 is 4.90 Å². The minimum Gasteiger partial charge on any atom is -0.339 e. The van der Waals surface area contributed by atoms with Crippen LogP contribution in [0.25, 0.3) is 11.4 Å². The minimum atomic E-state index is 0.132. The summed E-state index contributed by atoms with van der Waals surface area (Å²) in [5.74, 6) is 1.15. The highest BCUT2D eigenvalue weighted by Gasteiger charge is 2.21. The van der Waals surface area contributed by atoms with Crippen LogP contribution in [-0.4, -0.2) is 62.8 Å². The largest absolute Gasteiger partial charge is 0.339 e. The van der Waals surface area contributed by atoms with Gasteiger partial charge in [-0.25, -0.2) is 4.98 Å². The molecule has 8 heteroatoms. The van der Waals surface area contributed by atoms with E-state index in [4.69, 9.17) is 11.6 Å². The summed E-state index contributed by atoms with van der Waals surface area (Å²) in [6.45, 7) is 6.36. The van der Waals surface area contributed by atoms with Gasteiger partial charge in [-0.3, -0.25) is 14.8 Å². The zero-order valence-corrected chi connectivity index (χ0v) is 18.4. The summed E-state index contributed by atoms with van der Waals surface area (Å²) in [5.41, 5.74) is 3.52. The number of nitrogens with one attached hydrogen (secondary N) is 1. The molecule has 1 fully saturated rings. The Hall–Kier alpha value is -2.35. The van der Waals surface area contributed by atoms with Gasteiger partial charge in [0.1, 0.15) is 0 Å². The van der Waals surface area contributed by atoms with Crippen molar-refractivity contribution in [2.75, 3.05) is 31.9 Å². The van der Waals surface area contributed by atoms with E-state index in [0.29, 0.717) is 21.8 Å². The van der Waals surface area contributed by atoms with Crippen LogP contribution in [0.3, 0.4) is 0 Å². The summed E-state index contributed by atoms with van der Waals surface area (Å²) in [5, 5.41) is 8.39. The Labute approximate surface area is 185 Å². The number of carbonyl (C=O) groups is 1. The monoisotopic (exact) mass is 441 g/mol. The highest BCUT2D eigenvalue weighted by Crippen LogP contribution is 2.21. The second-order valence-electron chi connectivity index (χ2n) is 7.41. The van der Waals surface area contributed by atoms with E-state index >= 15 is 0 Å². The number of nitrogens with zero attached hydrogens (tertiary/aromatic N) is 4. The van der Waals surface area contributed by atoms with Gasteiger partial charge in [-0.15, -0.1) is 5.10 Å². The number of aromatic amines is 1. The Balaban J connectivity index is 1.24. The van der Waals surface area contributed by atoms with Crippen LogP contribution in [0.15, 0.2) is 53.7 Å². The van der Waals surface area contributed by atoms with Crippen LogP contribution in [0.5, 0.6) is 0 Å². The number of amides is 1. The lowest BCUT2D eigenvalue weighted by Crippen LogP contribution is -2.48. The average Bonchev–Trinajstić information content (AvgIpc) is 3.22. The normalized spacial score (nSPS) is 14.8. The van der Waals surface area contributed by atoms with Gasteiger partial charge in [-0.2, -0.15) is 0 Å². The summed E-state index contributed by atoms with van der Waals surface area (Å²) < 4.78 is 0. The van der Waals surface area contributed by atoms with Gasteiger partial charge in [0, 0.05) is 43.3 Å². The van der Waals surface area contributed by atoms with E-state index in [1.54, 1.807) is 0 Å². The first kappa shape index (κ1) is 20.9. The van der Waals surface area contributed by atoms with Crippen LogP contribution in [0.2, 0.25) is 5.02 Å². The predicted octanol–water partition coefficient (Wildman–Crippen LogP) is 3.87. The molecule has 1 aromatic heterocycles. The Bertz CT molecular complexity index is 999. The number of benzene rings is 2. The first-order valence-electron chi connectivity index (χ1n) is 9.93. The molecule has 0 radical (unpaired) electrons. The number of hydrogen-bond donors (Lipinski definition) is 1. The van der Waals surface area contributed by atoms with E-state index in [2.05, 4.69) is 51.3 Å². The molecule has 4 rings (SSSR count). The molecule has 1 N–H and O–H groups in total. The lowest BCUT2D eigenvalue weighted by Gasteiger charge is -2.34. The molecular formula is C22H24ClN5OS. The van der Waals surface area contributed by atoms with E-state index in [1.807, 2.05) is 29.2 Å². The lowest BCUT2D eigenvalue weighted by atomic mass is 10.1. The first-order valence-corrected chi connectivity index (χ1v) is 11.3. The molecule has 0 bridgehead atoms. The van der Waals surface area contributed by atoms with Crippen molar-refractivity contribution in [3.8, 4) is 11.4 Å². The Morgan fingerprint density at radius 2 is 1.90 bits per heavy atom. The van der Waals surface area contributed by atoms with Gasteiger partial charge >= 0.3 is 0 Å². The summed E-state index contributed by atoms with van der Waals surface area (Å²) in [6, 6.07) is 16.0. The standard InChI is InChI=1S/C22H24ClN5OS/c1-16-3-2-4-17(13-16)14-27-9-11-28(12-10-27)20(29)15-30-22-24-21(25-26-22)18-5-7-19(23)8-6-18/h2-8,13H,9-12,14-15H2,1H3,(H,24,25,26).